The monoisotopic (exact) mass is 1320 g/mol. The number of aryl methyl sites for hydroxylation is 1. The fourth-order valence-electron chi connectivity index (χ4n) is 15.2. The predicted octanol–water partition coefficient (Wildman–Crippen LogP) is 27.2. The average Bonchev–Trinajstić information content (AvgIpc) is 1.50. The van der Waals surface area contributed by atoms with Gasteiger partial charge in [-0.3, -0.25) is 0 Å². The van der Waals surface area contributed by atoms with Crippen LogP contribution in [-0.4, -0.2) is 0 Å². The molecule has 0 atom stereocenters. The zero-order valence-corrected chi connectivity index (χ0v) is 57.1. The first kappa shape index (κ1) is 61.2. The number of para-hydroxylation sites is 6. The van der Waals surface area contributed by atoms with Crippen molar-refractivity contribution in [3.8, 4) is 22.3 Å². The molecule has 0 unspecified atom stereocenters. The Morgan fingerprint density at radius 2 is 0.657 bits per heavy atom. The minimum atomic E-state index is -0.264. The maximum atomic E-state index is 15.3. The van der Waals surface area contributed by atoms with Crippen molar-refractivity contribution in [2.45, 2.75) is 45.4 Å². The Balaban J connectivity index is 0.000000148. The van der Waals surface area contributed by atoms with Gasteiger partial charge < -0.3 is 19.6 Å². The topological polar surface area (TPSA) is 13.0 Å². The highest BCUT2D eigenvalue weighted by Crippen LogP contribution is 2.56. The zero-order valence-electron chi connectivity index (χ0n) is 55.5. The Hall–Kier alpha value is -11.4. The van der Waals surface area contributed by atoms with Crippen molar-refractivity contribution < 1.29 is 8.78 Å². The van der Waals surface area contributed by atoms with E-state index in [1.165, 1.54) is 120 Å². The van der Waals surface area contributed by atoms with E-state index in [-0.39, 0.29) is 22.5 Å². The largest absolute Gasteiger partial charge is 0.311 e. The fraction of sp³-hybridized carbons (Fsp3) is 0.0769. The number of hydrogen-bond donors (Lipinski definition) is 0. The molecule has 14 aromatic carbocycles. The third-order valence-corrected chi connectivity index (χ3v) is 22.5. The third kappa shape index (κ3) is 10.6. The lowest BCUT2D eigenvalue weighted by Gasteiger charge is -2.42. The maximum absolute atomic E-state index is 15.3. The van der Waals surface area contributed by atoms with E-state index in [4.69, 9.17) is 0 Å². The van der Waals surface area contributed by atoms with E-state index in [0.717, 1.165) is 50.9 Å². The number of hydrogen-bond acceptors (Lipinski definition) is 6. The molecule has 478 valence electrons. The molecule has 2 aliphatic heterocycles. The number of fused-ring (bicyclic) bond motifs is 10. The minimum absolute atomic E-state index is 0.130. The summed E-state index contributed by atoms with van der Waals surface area (Å²) >= 11 is 3.69. The molecule has 2 aliphatic rings. The quantitative estimate of drug-likeness (QED) is 0.135. The van der Waals surface area contributed by atoms with Crippen LogP contribution in [0.3, 0.4) is 0 Å². The van der Waals surface area contributed by atoms with Gasteiger partial charge in [-0.25, -0.2) is 8.78 Å². The highest BCUT2D eigenvalue weighted by atomic mass is 32.1. The Morgan fingerprint density at radius 3 is 1.09 bits per heavy atom. The molecule has 4 nitrogen and oxygen atoms in total. The van der Waals surface area contributed by atoms with Crippen LogP contribution in [0.15, 0.2) is 322 Å². The van der Waals surface area contributed by atoms with Gasteiger partial charge in [0.2, 0.25) is 0 Å². The first-order valence-electron chi connectivity index (χ1n) is 33.7. The third-order valence-electron chi connectivity index (χ3n) is 20.1. The van der Waals surface area contributed by atoms with Crippen molar-refractivity contribution in [2.75, 3.05) is 19.6 Å². The van der Waals surface area contributed by atoms with Gasteiger partial charge in [0.05, 0.1) is 28.4 Å². The first-order valence-corrected chi connectivity index (χ1v) is 35.3. The van der Waals surface area contributed by atoms with Gasteiger partial charge in [-0.15, -0.1) is 22.7 Å². The SMILES string of the molecule is CC1(C)c2ccccc2N(c2cc(-c3ccc(N(c4ccccc4)c4ccccc4F)cc3)c3sc4ccccc4c3c2)c2ccccc21.Cc1ccc(N(c2ccc(F)cc2)c2ccc(-c3cc(N4c5ccccc5C(C)(C)c5ccccc54)cc4c3sc3ccccc34)cc2)cc1. The lowest BCUT2D eigenvalue weighted by molar-refractivity contribution is 0.628. The summed E-state index contributed by atoms with van der Waals surface area (Å²) in [4.78, 5) is 9.05. The predicted molar refractivity (Wildman–Crippen MR) is 417 cm³/mol. The van der Waals surface area contributed by atoms with Gasteiger partial charge in [0.1, 0.15) is 11.6 Å². The maximum Gasteiger partial charge on any atom is 0.147 e. The Bertz CT molecular complexity index is 5590. The van der Waals surface area contributed by atoms with Crippen molar-refractivity contribution in [3.63, 3.8) is 0 Å². The molecule has 0 radical (unpaired) electrons. The molecule has 99 heavy (non-hydrogen) atoms. The molecular formula is C91H68F2N4S2. The Kier molecular flexibility index (Phi) is 15.2. The molecule has 18 rings (SSSR count). The molecule has 0 N–H and O–H groups in total. The van der Waals surface area contributed by atoms with Crippen molar-refractivity contribution >= 4 is 131 Å². The van der Waals surface area contributed by atoms with Crippen LogP contribution >= 0.6 is 22.7 Å². The molecule has 0 aliphatic carbocycles. The first-order chi connectivity index (χ1) is 48.3. The molecule has 8 heteroatoms. The minimum Gasteiger partial charge on any atom is -0.311 e. The summed E-state index contributed by atoms with van der Waals surface area (Å²) < 4.78 is 34.3. The number of halogens is 2. The summed E-state index contributed by atoms with van der Waals surface area (Å²) in [5.41, 5.74) is 23.2. The van der Waals surface area contributed by atoms with Crippen LogP contribution in [0.4, 0.5) is 77.0 Å². The Morgan fingerprint density at radius 1 is 0.313 bits per heavy atom. The van der Waals surface area contributed by atoms with E-state index < -0.39 is 0 Å². The van der Waals surface area contributed by atoms with Crippen LogP contribution in [-0.2, 0) is 10.8 Å². The molecule has 16 aromatic rings. The molecular weight excluding hydrogens is 1250 g/mol. The highest BCUT2D eigenvalue weighted by Gasteiger charge is 2.39. The molecule has 0 amide bonds. The normalized spacial score (nSPS) is 13.3. The van der Waals surface area contributed by atoms with Crippen LogP contribution in [0.25, 0.3) is 62.6 Å². The number of rotatable bonds is 10. The lowest BCUT2D eigenvalue weighted by Crippen LogP contribution is -2.30. The van der Waals surface area contributed by atoms with E-state index >= 15 is 4.39 Å². The number of benzene rings is 14. The molecule has 2 aromatic heterocycles. The van der Waals surface area contributed by atoms with Crippen LogP contribution in [0.1, 0.15) is 55.5 Å². The van der Waals surface area contributed by atoms with E-state index in [9.17, 15) is 4.39 Å². The molecule has 0 fully saturated rings. The molecule has 4 heterocycles. The van der Waals surface area contributed by atoms with Gasteiger partial charge in [-0.2, -0.15) is 0 Å². The van der Waals surface area contributed by atoms with Gasteiger partial charge >= 0.3 is 0 Å². The number of thiophene rings is 2. The van der Waals surface area contributed by atoms with E-state index in [0.29, 0.717) is 5.69 Å². The second kappa shape index (κ2) is 24.6. The van der Waals surface area contributed by atoms with E-state index in [1.54, 1.807) is 6.07 Å². The number of nitrogens with zero attached hydrogens (tertiary/aromatic N) is 4. The highest BCUT2D eigenvalue weighted by molar-refractivity contribution is 7.26. The summed E-state index contributed by atoms with van der Waals surface area (Å²) in [5.74, 6) is -0.511. The van der Waals surface area contributed by atoms with E-state index in [1.807, 2.05) is 82.2 Å². The Labute approximate surface area is 584 Å². The second-order valence-electron chi connectivity index (χ2n) is 26.8. The standard InChI is InChI=1S/C46H35FN2S.C45H33FN2S/c1-30-16-22-33(23-17-30)48(35-26-20-32(47)21-27-35)34-24-18-31(19-25-34)38-28-36(29-39-37-10-4-9-15-44(37)50-45(38)39)49-42-13-7-5-11-40(42)46(2,3)41-12-6-8-14-43(41)49;1-45(2)37-17-7-10-20-40(37)48(41-21-11-8-18-38(41)45)33-28-35(44-36(29-33)34-16-6-13-23-43(34)49-44)30-24-26-32(27-25-30)47(31-14-4-3-5-15-31)42-22-12-9-19-39(42)46/h4-29H,1-3H3;3-29H,1-2H3. The summed E-state index contributed by atoms with van der Waals surface area (Å²) in [6.45, 7) is 11.4. The second-order valence-corrected chi connectivity index (χ2v) is 28.9. The van der Waals surface area contributed by atoms with Crippen molar-refractivity contribution in [1.82, 2.24) is 0 Å². The van der Waals surface area contributed by atoms with Crippen molar-refractivity contribution in [2.24, 2.45) is 0 Å². The van der Waals surface area contributed by atoms with Crippen molar-refractivity contribution in [3.05, 3.63) is 361 Å². The summed E-state index contributed by atoms with van der Waals surface area (Å²) in [6, 6.07) is 112. The van der Waals surface area contributed by atoms with Crippen LogP contribution in [0, 0.1) is 18.6 Å². The molecule has 0 saturated heterocycles. The van der Waals surface area contributed by atoms with Crippen LogP contribution < -0.4 is 19.6 Å². The van der Waals surface area contributed by atoms with E-state index in [2.05, 4.69) is 292 Å². The van der Waals surface area contributed by atoms with Gasteiger partial charge in [0.25, 0.3) is 0 Å². The smallest absolute Gasteiger partial charge is 0.147 e. The van der Waals surface area contributed by atoms with Gasteiger partial charge in [0.15, 0.2) is 0 Å². The lowest BCUT2D eigenvalue weighted by atomic mass is 9.73. The molecule has 0 spiro atoms. The average molecular weight is 1320 g/mol. The van der Waals surface area contributed by atoms with Crippen LogP contribution in [0.5, 0.6) is 0 Å². The van der Waals surface area contributed by atoms with Gasteiger partial charge in [-0.05, 0) is 186 Å². The summed E-state index contributed by atoms with van der Waals surface area (Å²) in [5, 5.41) is 5.03. The van der Waals surface area contributed by atoms with Crippen molar-refractivity contribution in [1.29, 1.82) is 0 Å². The fourth-order valence-corrected chi connectivity index (χ4v) is 17.6. The van der Waals surface area contributed by atoms with Gasteiger partial charge in [0, 0.05) is 102 Å². The van der Waals surface area contributed by atoms with Gasteiger partial charge in [-0.1, -0.05) is 209 Å². The van der Waals surface area contributed by atoms with Crippen LogP contribution in [0.2, 0.25) is 0 Å². The molecule has 0 saturated carbocycles. The zero-order chi connectivity index (χ0) is 67.1. The number of anilines is 12. The molecule has 0 bridgehead atoms. The summed E-state index contributed by atoms with van der Waals surface area (Å²) in [7, 11) is 0. The summed E-state index contributed by atoms with van der Waals surface area (Å²) in [6.07, 6.45) is 0.